The van der Waals surface area contributed by atoms with E-state index in [1.807, 2.05) is 0 Å². The van der Waals surface area contributed by atoms with Crippen LogP contribution in [-0.4, -0.2) is 22.0 Å². The number of hydrogen-bond donors (Lipinski definition) is 2. The van der Waals surface area contributed by atoms with Crippen molar-refractivity contribution in [1.29, 1.82) is 0 Å². The predicted octanol–water partition coefficient (Wildman–Crippen LogP) is 2.73. The molecule has 2 amide bonds. The van der Waals surface area contributed by atoms with Crippen LogP contribution in [0.5, 0.6) is 0 Å². The summed E-state index contributed by atoms with van der Waals surface area (Å²) in [7, 11) is 0. The Hall–Kier alpha value is -1.70. The minimum Gasteiger partial charge on any atom is -0.318 e. The van der Waals surface area contributed by atoms with Crippen molar-refractivity contribution in [1.82, 2.24) is 10.2 Å². The molecule has 2 aromatic rings. The van der Waals surface area contributed by atoms with Crippen molar-refractivity contribution in [2.24, 2.45) is 0 Å². The molecule has 0 saturated heterocycles. The molecule has 1 aromatic carbocycles. The molecule has 2 rings (SSSR count). The van der Waals surface area contributed by atoms with E-state index >= 15 is 0 Å². The number of carbonyl (C=O) groups excluding carboxylic acids is 2. The second-order valence-corrected chi connectivity index (χ2v) is 5.66. The van der Waals surface area contributed by atoms with Crippen molar-refractivity contribution in [3.05, 3.63) is 33.3 Å². The molecule has 9 heteroatoms. The fourth-order valence-electron chi connectivity index (χ4n) is 1.26. The molecule has 2 N–H and O–H groups in total. The molecular formula is C11H8Cl2N4O2S. The molecule has 0 aliphatic carbocycles. The molecule has 0 bridgehead atoms. The molecule has 20 heavy (non-hydrogen) atoms. The van der Waals surface area contributed by atoms with Crippen LogP contribution in [0.15, 0.2) is 18.2 Å². The van der Waals surface area contributed by atoms with E-state index in [0.29, 0.717) is 15.7 Å². The van der Waals surface area contributed by atoms with Gasteiger partial charge in [-0.05, 0) is 25.1 Å². The van der Waals surface area contributed by atoms with E-state index in [4.69, 9.17) is 23.2 Å². The highest BCUT2D eigenvalue weighted by Gasteiger charge is 2.16. The van der Waals surface area contributed by atoms with E-state index in [2.05, 4.69) is 20.8 Å². The first kappa shape index (κ1) is 14.7. The molecule has 0 spiro atoms. The van der Waals surface area contributed by atoms with E-state index in [1.54, 1.807) is 6.92 Å². The van der Waals surface area contributed by atoms with Crippen molar-refractivity contribution in [2.75, 3.05) is 10.6 Å². The number of carbonyl (C=O) groups is 2. The number of aromatic nitrogens is 2. The topological polar surface area (TPSA) is 84.0 Å². The lowest BCUT2D eigenvalue weighted by molar-refractivity contribution is -0.133. The lowest BCUT2D eigenvalue weighted by Crippen LogP contribution is -2.29. The number of rotatable bonds is 2. The van der Waals surface area contributed by atoms with Crippen LogP contribution in [0.2, 0.25) is 10.0 Å². The predicted molar refractivity (Wildman–Crippen MR) is 78.4 cm³/mol. The van der Waals surface area contributed by atoms with Gasteiger partial charge >= 0.3 is 11.8 Å². The highest BCUT2D eigenvalue weighted by Crippen LogP contribution is 2.25. The summed E-state index contributed by atoms with van der Waals surface area (Å²) in [5.74, 6) is -1.68. The third-order valence-electron chi connectivity index (χ3n) is 2.13. The SMILES string of the molecule is Cc1nnc(NC(=O)C(=O)Nc2ccc(Cl)c(Cl)c2)s1. The highest BCUT2D eigenvalue weighted by atomic mass is 35.5. The standard InChI is InChI=1S/C11H8Cl2N4O2S/c1-5-16-17-11(20-5)15-10(19)9(18)14-6-2-3-7(12)8(13)4-6/h2-4H,1H3,(H,14,18)(H,15,17,19). The van der Waals surface area contributed by atoms with Gasteiger partial charge in [-0.25, -0.2) is 0 Å². The molecule has 0 saturated carbocycles. The Labute approximate surface area is 128 Å². The van der Waals surface area contributed by atoms with Gasteiger partial charge in [0, 0.05) is 5.69 Å². The first-order valence-electron chi connectivity index (χ1n) is 5.33. The van der Waals surface area contributed by atoms with Gasteiger partial charge in [0.15, 0.2) is 0 Å². The van der Waals surface area contributed by atoms with Crippen LogP contribution in [0.3, 0.4) is 0 Å². The van der Waals surface area contributed by atoms with Gasteiger partial charge in [0.05, 0.1) is 10.0 Å². The maximum Gasteiger partial charge on any atom is 0.315 e. The third-order valence-corrected chi connectivity index (χ3v) is 3.62. The number of hydrogen-bond acceptors (Lipinski definition) is 5. The molecule has 0 fully saturated rings. The van der Waals surface area contributed by atoms with Crippen molar-refractivity contribution < 1.29 is 9.59 Å². The zero-order chi connectivity index (χ0) is 14.7. The fraction of sp³-hybridized carbons (Fsp3) is 0.0909. The van der Waals surface area contributed by atoms with E-state index in [9.17, 15) is 9.59 Å². The number of aryl methyl sites for hydroxylation is 1. The molecule has 104 valence electrons. The average molecular weight is 331 g/mol. The molecular weight excluding hydrogens is 323 g/mol. The minimum absolute atomic E-state index is 0.261. The summed E-state index contributed by atoms with van der Waals surface area (Å²) in [5.41, 5.74) is 0.369. The van der Waals surface area contributed by atoms with Gasteiger partial charge in [-0.3, -0.25) is 14.9 Å². The summed E-state index contributed by atoms with van der Waals surface area (Å²) in [4.78, 5) is 23.3. The number of halogens is 2. The maximum absolute atomic E-state index is 11.7. The van der Waals surface area contributed by atoms with Crippen molar-refractivity contribution >= 4 is 57.2 Å². The Kier molecular flexibility index (Phi) is 4.53. The van der Waals surface area contributed by atoms with E-state index < -0.39 is 11.8 Å². The van der Waals surface area contributed by atoms with Gasteiger partial charge in [-0.1, -0.05) is 34.5 Å². The largest absolute Gasteiger partial charge is 0.318 e. The fourth-order valence-corrected chi connectivity index (χ4v) is 2.15. The summed E-state index contributed by atoms with van der Waals surface area (Å²) in [6, 6.07) is 4.50. The van der Waals surface area contributed by atoms with Gasteiger partial charge < -0.3 is 5.32 Å². The number of benzene rings is 1. The Morgan fingerprint density at radius 1 is 1.10 bits per heavy atom. The number of nitrogens with one attached hydrogen (secondary N) is 2. The van der Waals surface area contributed by atoms with Gasteiger partial charge in [-0.15, -0.1) is 10.2 Å². The second-order valence-electron chi connectivity index (χ2n) is 3.66. The number of anilines is 2. The maximum atomic E-state index is 11.7. The quantitative estimate of drug-likeness (QED) is 0.829. The summed E-state index contributed by atoms with van der Waals surface area (Å²) < 4.78 is 0. The average Bonchev–Trinajstić information content (AvgIpc) is 2.79. The molecule has 0 aliphatic heterocycles. The van der Waals surface area contributed by atoms with Gasteiger partial charge in [0.25, 0.3) is 0 Å². The highest BCUT2D eigenvalue weighted by molar-refractivity contribution is 7.15. The Morgan fingerprint density at radius 2 is 1.80 bits per heavy atom. The minimum atomic E-state index is -0.841. The first-order chi connectivity index (χ1) is 9.45. The Balaban J connectivity index is 2.00. The third kappa shape index (κ3) is 3.66. The first-order valence-corrected chi connectivity index (χ1v) is 6.90. The van der Waals surface area contributed by atoms with E-state index in [-0.39, 0.29) is 10.2 Å². The summed E-state index contributed by atoms with van der Waals surface area (Å²) in [5, 5.41) is 13.7. The Morgan fingerprint density at radius 3 is 2.40 bits per heavy atom. The lowest BCUT2D eigenvalue weighted by Gasteiger charge is -2.05. The molecule has 0 atom stereocenters. The molecule has 0 aliphatic rings. The molecule has 6 nitrogen and oxygen atoms in total. The van der Waals surface area contributed by atoms with Crippen molar-refractivity contribution in [3.8, 4) is 0 Å². The van der Waals surface area contributed by atoms with Crippen LogP contribution in [0, 0.1) is 6.92 Å². The van der Waals surface area contributed by atoms with Crippen LogP contribution >= 0.6 is 34.5 Å². The van der Waals surface area contributed by atoms with Crippen molar-refractivity contribution in [2.45, 2.75) is 6.92 Å². The summed E-state index contributed by atoms with van der Waals surface area (Å²) in [6.07, 6.45) is 0. The molecule has 1 heterocycles. The van der Waals surface area contributed by atoms with Crippen molar-refractivity contribution in [3.63, 3.8) is 0 Å². The van der Waals surface area contributed by atoms with Crippen LogP contribution in [-0.2, 0) is 9.59 Å². The van der Waals surface area contributed by atoms with Crippen LogP contribution in [0.4, 0.5) is 10.8 Å². The van der Waals surface area contributed by atoms with E-state index in [0.717, 1.165) is 0 Å². The number of amides is 2. The van der Waals surface area contributed by atoms with Gasteiger partial charge in [-0.2, -0.15) is 0 Å². The smallest absolute Gasteiger partial charge is 0.315 e. The van der Waals surface area contributed by atoms with Crippen LogP contribution < -0.4 is 10.6 Å². The summed E-state index contributed by atoms with van der Waals surface area (Å²) in [6.45, 7) is 1.74. The second kappa shape index (κ2) is 6.17. The van der Waals surface area contributed by atoms with E-state index in [1.165, 1.54) is 29.5 Å². The molecule has 1 aromatic heterocycles. The van der Waals surface area contributed by atoms with Gasteiger partial charge in [0.2, 0.25) is 5.13 Å². The number of nitrogens with zero attached hydrogens (tertiary/aromatic N) is 2. The molecule has 0 unspecified atom stereocenters. The monoisotopic (exact) mass is 330 g/mol. The lowest BCUT2D eigenvalue weighted by atomic mass is 10.3. The normalized spacial score (nSPS) is 10.2. The summed E-state index contributed by atoms with van der Waals surface area (Å²) >= 11 is 12.7. The molecule has 0 radical (unpaired) electrons. The Bertz CT molecular complexity index is 674. The van der Waals surface area contributed by atoms with Crippen LogP contribution in [0.1, 0.15) is 5.01 Å². The van der Waals surface area contributed by atoms with Crippen LogP contribution in [0.25, 0.3) is 0 Å². The van der Waals surface area contributed by atoms with Gasteiger partial charge in [0.1, 0.15) is 5.01 Å². The zero-order valence-corrected chi connectivity index (χ0v) is 12.4. The zero-order valence-electron chi connectivity index (χ0n) is 10.1.